The predicted molar refractivity (Wildman–Crippen MR) is 151 cm³/mol. The van der Waals surface area contributed by atoms with Gasteiger partial charge in [-0.15, -0.1) is 0 Å². The second kappa shape index (κ2) is 19.0. The lowest BCUT2D eigenvalue weighted by Gasteiger charge is -2.24. The maximum atomic E-state index is 13.2. The van der Waals surface area contributed by atoms with E-state index in [0.29, 0.717) is 19.4 Å². The molecule has 1 heterocycles. The molecule has 20 heteroatoms. The summed E-state index contributed by atoms with van der Waals surface area (Å²) in [5.41, 5.74) is 16.1. The monoisotopic (exact) mass is 633 g/mol. The maximum absolute atomic E-state index is 13.2. The highest BCUT2D eigenvalue weighted by Gasteiger charge is 2.32. The fourth-order valence-electron chi connectivity index (χ4n) is 3.80. The topological polar surface area (TPSA) is 328 Å². The van der Waals surface area contributed by atoms with E-state index < -0.39 is 101 Å². The Kier molecular flexibility index (Phi) is 16.2. The van der Waals surface area contributed by atoms with Crippen LogP contribution in [-0.4, -0.2) is 117 Å². The molecule has 1 aliphatic heterocycles. The van der Waals surface area contributed by atoms with Crippen LogP contribution < -0.4 is 43.8 Å². The number of carboxylic acid groups (broad SMARTS) is 2. The van der Waals surface area contributed by atoms with Gasteiger partial charge >= 0.3 is 11.9 Å². The summed E-state index contributed by atoms with van der Waals surface area (Å²) < 4.78 is 12.6. The van der Waals surface area contributed by atoms with Gasteiger partial charge in [0.15, 0.2) is 5.96 Å². The third kappa shape index (κ3) is 14.9. The maximum Gasteiger partial charge on any atom is 0.327 e. The standard InChI is InChI=1S/C23H39N9O10S/c24-6-2-1-4-13-20(38)31-12(5-3-7-27-23(25)26)19(37)28-9-16(33)30-14(8-18(35)36)21(39)32-15(22(40)41)10-43(42)11-17(34)29-13/h12-15H,1-11,24H2,(H,28,37)(H,29,34)(H,30,33)(H,31,38)(H,32,39)(H,35,36)(H,40,41)(H4,25,26,27)/t12-,13-,14-,15-,43?/m0/s1. The summed E-state index contributed by atoms with van der Waals surface area (Å²) >= 11 is 0. The largest absolute Gasteiger partial charge is 0.481 e. The molecule has 0 spiro atoms. The van der Waals surface area contributed by atoms with Crippen molar-refractivity contribution in [3.8, 4) is 0 Å². The van der Waals surface area contributed by atoms with Crippen LogP contribution in [0.25, 0.3) is 0 Å². The quantitative estimate of drug-likeness (QED) is 0.0577. The van der Waals surface area contributed by atoms with Crippen molar-refractivity contribution in [2.45, 2.75) is 62.7 Å². The van der Waals surface area contributed by atoms with Gasteiger partial charge in [0.25, 0.3) is 0 Å². The molecule has 19 nitrogen and oxygen atoms in total. The number of guanidine groups is 1. The highest BCUT2D eigenvalue weighted by atomic mass is 32.2. The Balaban J connectivity index is 3.33. The lowest BCUT2D eigenvalue weighted by Crippen LogP contribution is -2.57. The number of rotatable bonds is 11. The minimum Gasteiger partial charge on any atom is -0.481 e. The van der Waals surface area contributed by atoms with Crippen molar-refractivity contribution in [1.82, 2.24) is 26.6 Å². The van der Waals surface area contributed by atoms with Crippen LogP contribution in [0, 0.1) is 0 Å². The average molecular weight is 634 g/mol. The van der Waals surface area contributed by atoms with Crippen LogP contribution in [0.3, 0.4) is 0 Å². The van der Waals surface area contributed by atoms with E-state index in [1.807, 2.05) is 5.32 Å². The number of nitrogens with two attached hydrogens (primary N) is 3. The molecule has 5 amide bonds. The van der Waals surface area contributed by atoms with E-state index in [-0.39, 0.29) is 31.8 Å². The Bertz CT molecular complexity index is 1100. The summed E-state index contributed by atoms with van der Waals surface area (Å²) in [6.45, 7) is -0.334. The molecule has 0 aliphatic carbocycles. The van der Waals surface area contributed by atoms with E-state index in [2.05, 4.69) is 26.3 Å². The molecule has 1 saturated heterocycles. The first kappa shape index (κ1) is 36.7. The van der Waals surface area contributed by atoms with Crippen LogP contribution in [0.5, 0.6) is 0 Å². The predicted octanol–water partition coefficient (Wildman–Crippen LogP) is -5.45. The van der Waals surface area contributed by atoms with Gasteiger partial charge in [-0.3, -0.25) is 38.0 Å². The highest BCUT2D eigenvalue weighted by molar-refractivity contribution is 7.85. The number of hydrogen-bond acceptors (Lipinski definition) is 10. The van der Waals surface area contributed by atoms with Crippen LogP contribution in [0.1, 0.15) is 38.5 Å². The Morgan fingerprint density at radius 3 is 2.05 bits per heavy atom. The third-order valence-electron chi connectivity index (χ3n) is 5.89. The summed E-state index contributed by atoms with van der Waals surface area (Å²) in [7, 11) is -2.17. The molecule has 43 heavy (non-hydrogen) atoms. The molecule has 1 rings (SSSR count). The van der Waals surface area contributed by atoms with Gasteiger partial charge < -0.3 is 54.0 Å². The first-order valence-electron chi connectivity index (χ1n) is 13.3. The van der Waals surface area contributed by atoms with Crippen molar-refractivity contribution < 1.29 is 48.0 Å². The molecule has 242 valence electrons. The molecule has 0 bridgehead atoms. The first-order chi connectivity index (χ1) is 20.2. The molecule has 0 radical (unpaired) electrons. The van der Waals surface area contributed by atoms with E-state index in [1.165, 1.54) is 0 Å². The van der Waals surface area contributed by atoms with Gasteiger partial charge in [-0.1, -0.05) is 0 Å². The van der Waals surface area contributed by atoms with Crippen molar-refractivity contribution in [3.63, 3.8) is 0 Å². The van der Waals surface area contributed by atoms with Crippen LogP contribution in [0.2, 0.25) is 0 Å². The number of hydrogen-bond donors (Lipinski definition) is 10. The SMILES string of the molecule is NCCCC[C@@H]1NC(=O)CS(=O)C[C@@H](C(=O)O)NC(=O)[C@H](CC(=O)O)NC(=O)CNC(=O)[C@H](CCCN=C(N)N)NC1=O. The number of nitrogens with zero attached hydrogens (tertiary/aromatic N) is 1. The number of nitrogens with one attached hydrogen (secondary N) is 5. The molecule has 0 aromatic carbocycles. The summed E-state index contributed by atoms with van der Waals surface area (Å²) in [6.07, 6.45) is 0.292. The van der Waals surface area contributed by atoms with Crippen molar-refractivity contribution in [1.29, 1.82) is 0 Å². The molecular weight excluding hydrogens is 594 g/mol. The first-order valence-corrected chi connectivity index (χ1v) is 14.7. The third-order valence-corrected chi connectivity index (χ3v) is 7.18. The molecule has 1 aliphatic rings. The second-order valence-corrected chi connectivity index (χ2v) is 11.0. The highest BCUT2D eigenvalue weighted by Crippen LogP contribution is 2.06. The number of amides is 5. The van der Waals surface area contributed by atoms with Gasteiger partial charge in [0.2, 0.25) is 29.5 Å². The zero-order chi connectivity index (χ0) is 32.5. The molecule has 1 fully saturated rings. The zero-order valence-corrected chi connectivity index (χ0v) is 24.2. The van der Waals surface area contributed by atoms with Crippen LogP contribution >= 0.6 is 0 Å². The summed E-state index contributed by atoms with van der Waals surface area (Å²) in [6, 6.07) is -5.98. The van der Waals surface area contributed by atoms with E-state index in [1.54, 1.807) is 0 Å². The molecule has 13 N–H and O–H groups in total. The smallest absolute Gasteiger partial charge is 0.327 e. The van der Waals surface area contributed by atoms with Gasteiger partial charge in [0.05, 0.1) is 18.7 Å². The van der Waals surface area contributed by atoms with Crippen LogP contribution in [-0.2, 0) is 44.4 Å². The summed E-state index contributed by atoms with van der Waals surface area (Å²) in [5, 5.41) is 30.0. The van der Waals surface area contributed by atoms with Crippen molar-refractivity contribution in [3.05, 3.63) is 0 Å². The lowest BCUT2D eigenvalue weighted by atomic mass is 10.1. The van der Waals surface area contributed by atoms with Gasteiger partial charge in [-0.2, -0.15) is 0 Å². The Morgan fingerprint density at radius 2 is 1.44 bits per heavy atom. The number of unbranched alkanes of at least 4 members (excludes halogenated alkanes) is 1. The molecular formula is C23H39N9O10S. The molecule has 0 aromatic rings. The minimum atomic E-state index is -2.17. The summed E-state index contributed by atoms with van der Waals surface area (Å²) in [4.78, 5) is 90.8. The number of aliphatic imine (C=N–C) groups is 1. The number of carbonyl (C=O) groups is 7. The zero-order valence-electron chi connectivity index (χ0n) is 23.3. The number of carboxylic acids is 2. The van der Waals surface area contributed by atoms with E-state index >= 15 is 0 Å². The molecule has 0 aromatic heterocycles. The van der Waals surface area contributed by atoms with E-state index in [9.17, 15) is 42.9 Å². The molecule has 5 atom stereocenters. The summed E-state index contributed by atoms with van der Waals surface area (Å²) in [5.74, 6) is -9.47. The van der Waals surface area contributed by atoms with Crippen molar-refractivity contribution >= 4 is 58.2 Å². The van der Waals surface area contributed by atoms with E-state index in [4.69, 9.17) is 22.3 Å². The van der Waals surface area contributed by atoms with Crippen LogP contribution in [0.4, 0.5) is 0 Å². The minimum absolute atomic E-state index is 0.00405. The fraction of sp³-hybridized carbons (Fsp3) is 0.652. The fourth-order valence-corrected chi connectivity index (χ4v) is 4.89. The van der Waals surface area contributed by atoms with Gasteiger partial charge in [-0.05, 0) is 38.6 Å². The number of carbonyl (C=O) groups excluding carboxylic acids is 5. The van der Waals surface area contributed by atoms with E-state index in [0.717, 1.165) is 0 Å². The van der Waals surface area contributed by atoms with Gasteiger partial charge in [0, 0.05) is 17.3 Å². The van der Waals surface area contributed by atoms with Crippen molar-refractivity contribution in [2.75, 3.05) is 31.1 Å². The number of aliphatic carboxylic acids is 2. The molecule has 1 unspecified atom stereocenters. The normalized spacial score (nSPS) is 24.6. The Hall–Kier alpha value is -4.33. The Morgan fingerprint density at radius 1 is 0.837 bits per heavy atom. The van der Waals surface area contributed by atoms with Gasteiger partial charge in [-0.25, -0.2) is 4.79 Å². The second-order valence-electron chi connectivity index (χ2n) is 9.50. The van der Waals surface area contributed by atoms with Crippen LogP contribution in [0.15, 0.2) is 4.99 Å². The molecule has 0 saturated carbocycles. The van der Waals surface area contributed by atoms with Crippen molar-refractivity contribution in [2.24, 2.45) is 22.2 Å². The van der Waals surface area contributed by atoms with Gasteiger partial charge in [0.1, 0.15) is 29.9 Å². The average Bonchev–Trinajstić information content (AvgIpc) is 2.90. The lowest BCUT2D eigenvalue weighted by molar-refractivity contribution is -0.143. The Labute approximate surface area is 249 Å².